The first-order valence-corrected chi connectivity index (χ1v) is 9.71. The van der Waals surface area contributed by atoms with Crippen molar-refractivity contribution in [3.8, 4) is 5.75 Å². The van der Waals surface area contributed by atoms with E-state index in [0.29, 0.717) is 17.9 Å². The Bertz CT molecular complexity index is 816. The number of likely N-dealkylation sites (tertiary alicyclic amines) is 1. The predicted octanol–water partition coefficient (Wildman–Crippen LogP) is 2.47. The second-order valence-electron chi connectivity index (χ2n) is 7.04. The van der Waals surface area contributed by atoms with Crippen LogP contribution in [-0.4, -0.2) is 36.4 Å². The molecule has 28 heavy (non-hydrogen) atoms. The number of carbonyl (C=O) groups is 2. The molecule has 0 saturated carbocycles. The quantitative estimate of drug-likeness (QED) is 0.736. The summed E-state index contributed by atoms with van der Waals surface area (Å²) in [6.07, 6.45) is 3.81. The number of carbonyl (C=O) groups excluding carboxylic acids is 2. The summed E-state index contributed by atoms with van der Waals surface area (Å²) in [7, 11) is 0. The van der Waals surface area contributed by atoms with Crippen molar-refractivity contribution < 1.29 is 14.3 Å². The SMILES string of the molecule is NC(=O)COc1ccccc1C(=O)NCc1ccccc1CN1CCCCC1. The van der Waals surface area contributed by atoms with Gasteiger partial charge in [-0.15, -0.1) is 0 Å². The van der Waals surface area contributed by atoms with Gasteiger partial charge >= 0.3 is 0 Å². The Kier molecular flexibility index (Phi) is 7.03. The van der Waals surface area contributed by atoms with Crippen molar-refractivity contribution in [2.75, 3.05) is 19.7 Å². The number of amides is 2. The average Bonchev–Trinajstić information content (AvgIpc) is 2.72. The molecule has 0 spiro atoms. The Balaban J connectivity index is 1.64. The molecule has 1 aliphatic heterocycles. The molecule has 1 aliphatic rings. The van der Waals surface area contributed by atoms with Gasteiger partial charge in [0.05, 0.1) is 5.56 Å². The van der Waals surface area contributed by atoms with Crippen molar-refractivity contribution in [2.24, 2.45) is 5.73 Å². The van der Waals surface area contributed by atoms with E-state index in [1.165, 1.54) is 24.8 Å². The fourth-order valence-electron chi connectivity index (χ4n) is 3.44. The van der Waals surface area contributed by atoms with Crippen LogP contribution in [0.25, 0.3) is 0 Å². The maximum absolute atomic E-state index is 12.7. The van der Waals surface area contributed by atoms with Crippen LogP contribution in [0, 0.1) is 0 Å². The molecule has 6 heteroatoms. The second kappa shape index (κ2) is 9.90. The van der Waals surface area contributed by atoms with Crippen LogP contribution >= 0.6 is 0 Å². The Hall–Kier alpha value is -2.86. The molecular formula is C22H27N3O3. The molecule has 148 valence electrons. The highest BCUT2D eigenvalue weighted by Gasteiger charge is 2.15. The van der Waals surface area contributed by atoms with E-state index in [1.807, 2.05) is 12.1 Å². The molecule has 1 fully saturated rings. The zero-order chi connectivity index (χ0) is 19.8. The van der Waals surface area contributed by atoms with Crippen LogP contribution in [0.1, 0.15) is 40.7 Å². The predicted molar refractivity (Wildman–Crippen MR) is 108 cm³/mol. The molecule has 2 aromatic carbocycles. The number of piperidine rings is 1. The molecule has 0 radical (unpaired) electrons. The van der Waals surface area contributed by atoms with E-state index < -0.39 is 5.91 Å². The van der Waals surface area contributed by atoms with E-state index in [1.54, 1.807) is 24.3 Å². The topological polar surface area (TPSA) is 84.7 Å². The maximum Gasteiger partial charge on any atom is 0.255 e. The number of para-hydroxylation sites is 1. The second-order valence-corrected chi connectivity index (χ2v) is 7.04. The molecule has 1 saturated heterocycles. The van der Waals surface area contributed by atoms with Gasteiger partial charge in [0.15, 0.2) is 6.61 Å². The van der Waals surface area contributed by atoms with Crippen molar-refractivity contribution in [1.82, 2.24) is 10.2 Å². The summed E-state index contributed by atoms with van der Waals surface area (Å²) in [5.41, 5.74) is 7.86. The van der Waals surface area contributed by atoms with E-state index in [9.17, 15) is 9.59 Å². The van der Waals surface area contributed by atoms with Crippen molar-refractivity contribution in [2.45, 2.75) is 32.4 Å². The van der Waals surface area contributed by atoms with Gasteiger partial charge in [0.2, 0.25) is 0 Å². The molecule has 1 heterocycles. The van der Waals surface area contributed by atoms with Gasteiger partial charge < -0.3 is 15.8 Å². The summed E-state index contributed by atoms with van der Waals surface area (Å²) in [5, 5.41) is 2.97. The highest BCUT2D eigenvalue weighted by Crippen LogP contribution is 2.19. The number of ether oxygens (including phenoxy) is 1. The highest BCUT2D eigenvalue weighted by atomic mass is 16.5. The van der Waals surface area contributed by atoms with Crippen LogP contribution in [0.4, 0.5) is 0 Å². The van der Waals surface area contributed by atoms with Crippen LogP contribution in [0.5, 0.6) is 5.75 Å². The molecule has 3 rings (SSSR count). The van der Waals surface area contributed by atoms with Gasteiger partial charge in [0.1, 0.15) is 5.75 Å². The fraction of sp³-hybridized carbons (Fsp3) is 0.364. The zero-order valence-corrected chi connectivity index (χ0v) is 16.0. The minimum atomic E-state index is -0.582. The summed E-state index contributed by atoms with van der Waals surface area (Å²) in [6.45, 7) is 3.34. The minimum Gasteiger partial charge on any atom is -0.483 e. The van der Waals surface area contributed by atoms with Crippen LogP contribution < -0.4 is 15.8 Å². The first-order valence-electron chi connectivity index (χ1n) is 9.71. The van der Waals surface area contributed by atoms with Gasteiger partial charge in [-0.3, -0.25) is 14.5 Å². The van der Waals surface area contributed by atoms with Crippen molar-refractivity contribution in [1.29, 1.82) is 0 Å². The number of primary amides is 1. The number of benzene rings is 2. The number of nitrogens with zero attached hydrogens (tertiary/aromatic N) is 1. The van der Waals surface area contributed by atoms with Gasteiger partial charge in [-0.25, -0.2) is 0 Å². The van der Waals surface area contributed by atoms with Crippen LogP contribution in [0.2, 0.25) is 0 Å². The van der Waals surface area contributed by atoms with E-state index in [-0.39, 0.29) is 12.5 Å². The van der Waals surface area contributed by atoms with E-state index in [2.05, 4.69) is 22.3 Å². The Morgan fingerprint density at radius 2 is 1.64 bits per heavy atom. The lowest BCUT2D eigenvalue weighted by atomic mass is 10.0. The van der Waals surface area contributed by atoms with Crippen molar-refractivity contribution in [3.63, 3.8) is 0 Å². The number of hydrogen-bond donors (Lipinski definition) is 2. The molecular weight excluding hydrogens is 354 g/mol. The standard InChI is InChI=1S/C22H27N3O3/c23-21(26)16-28-20-11-5-4-10-19(20)22(27)24-14-17-8-2-3-9-18(17)15-25-12-6-1-7-13-25/h2-5,8-11H,1,6-7,12-16H2,(H2,23,26)(H,24,27). The Labute approximate surface area is 165 Å². The summed E-state index contributed by atoms with van der Waals surface area (Å²) in [6, 6.07) is 15.0. The minimum absolute atomic E-state index is 0.243. The molecule has 0 atom stereocenters. The van der Waals surface area contributed by atoms with Gasteiger partial charge in [0, 0.05) is 13.1 Å². The molecule has 2 amide bonds. The summed E-state index contributed by atoms with van der Waals surface area (Å²) < 4.78 is 5.35. The monoisotopic (exact) mass is 381 g/mol. The molecule has 0 aromatic heterocycles. The van der Waals surface area contributed by atoms with Crippen LogP contribution in [0.3, 0.4) is 0 Å². The van der Waals surface area contributed by atoms with Gasteiger partial charge in [0.25, 0.3) is 11.8 Å². The molecule has 0 bridgehead atoms. The van der Waals surface area contributed by atoms with Crippen molar-refractivity contribution in [3.05, 3.63) is 65.2 Å². The Morgan fingerprint density at radius 1 is 0.964 bits per heavy atom. The molecule has 0 aliphatic carbocycles. The molecule has 0 unspecified atom stereocenters. The summed E-state index contributed by atoms with van der Waals surface area (Å²) in [4.78, 5) is 26.1. The van der Waals surface area contributed by atoms with Gasteiger partial charge in [-0.1, -0.05) is 42.8 Å². The number of rotatable bonds is 8. The molecule has 6 nitrogen and oxygen atoms in total. The average molecular weight is 381 g/mol. The third kappa shape index (κ3) is 5.57. The summed E-state index contributed by atoms with van der Waals surface area (Å²) >= 11 is 0. The van der Waals surface area contributed by atoms with Crippen LogP contribution in [0.15, 0.2) is 48.5 Å². The lowest BCUT2D eigenvalue weighted by molar-refractivity contribution is -0.119. The lowest BCUT2D eigenvalue weighted by Crippen LogP contribution is -2.30. The third-order valence-corrected chi connectivity index (χ3v) is 4.90. The molecule has 3 N–H and O–H groups in total. The smallest absolute Gasteiger partial charge is 0.255 e. The largest absolute Gasteiger partial charge is 0.483 e. The summed E-state index contributed by atoms with van der Waals surface area (Å²) in [5.74, 6) is -0.477. The zero-order valence-electron chi connectivity index (χ0n) is 16.0. The normalized spacial score (nSPS) is 14.4. The number of hydrogen-bond acceptors (Lipinski definition) is 4. The Morgan fingerprint density at radius 3 is 2.39 bits per heavy atom. The highest BCUT2D eigenvalue weighted by molar-refractivity contribution is 5.97. The van der Waals surface area contributed by atoms with Gasteiger partial charge in [-0.2, -0.15) is 0 Å². The number of nitrogens with one attached hydrogen (secondary N) is 1. The number of nitrogens with two attached hydrogens (primary N) is 1. The maximum atomic E-state index is 12.7. The first kappa shape index (κ1) is 19.9. The van der Waals surface area contributed by atoms with E-state index in [0.717, 1.165) is 25.2 Å². The van der Waals surface area contributed by atoms with E-state index >= 15 is 0 Å². The lowest BCUT2D eigenvalue weighted by Gasteiger charge is -2.27. The van der Waals surface area contributed by atoms with Gasteiger partial charge in [-0.05, 0) is 49.2 Å². The fourth-order valence-corrected chi connectivity index (χ4v) is 3.44. The van der Waals surface area contributed by atoms with Crippen molar-refractivity contribution >= 4 is 11.8 Å². The van der Waals surface area contributed by atoms with E-state index in [4.69, 9.17) is 10.5 Å². The first-order chi connectivity index (χ1) is 13.6. The molecule has 2 aromatic rings. The van der Waals surface area contributed by atoms with Crippen LogP contribution in [-0.2, 0) is 17.9 Å². The third-order valence-electron chi connectivity index (χ3n) is 4.90.